The van der Waals surface area contributed by atoms with E-state index in [2.05, 4.69) is 28.9 Å². The Bertz CT molecular complexity index is 334. The lowest BCUT2D eigenvalue weighted by atomic mass is 10.0. The summed E-state index contributed by atoms with van der Waals surface area (Å²) < 4.78 is 0.645. The van der Waals surface area contributed by atoms with E-state index in [0.717, 1.165) is 6.54 Å². The standard InChI is InChI=1S/C11H18ClN3S/c1-14-5-3-9(4-6-14)15(2)8-10-7-13-11(12)16-10/h7,9H,3-6,8H2,1-2H3. The lowest BCUT2D eigenvalue weighted by molar-refractivity contribution is 0.140. The van der Waals surface area contributed by atoms with Crippen LogP contribution in [-0.2, 0) is 6.54 Å². The molecule has 90 valence electrons. The summed E-state index contributed by atoms with van der Waals surface area (Å²) in [5.74, 6) is 0. The monoisotopic (exact) mass is 259 g/mol. The summed E-state index contributed by atoms with van der Waals surface area (Å²) in [7, 11) is 4.39. The maximum Gasteiger partial charge on any atom is 0.183 e. The van der Waals surface area contributed by atoms with Gasteiger partial charge in [-0.1, -0.05) is 11.6 Å². The molecule has 0 amide bonds. The van der Waals surface area contributed by atoms with Crippen molar-refractivity contribution in [2.24, 2.45) is 0 Å². The normalized spacial score (nSPS) is 19.5. The molecule has 0 spiro atoms. The molecule has 1 aliphatic heterocycles. The molecule has 1 aliphatic rings. The van der Waals surface area contributed by atoms with E-state index >= 15 is 0 Å². The number of piperidine rings is 1. The van der Waals surface area contributed by atoms with E-state index in [0.29, 0.717) is 10.5 Å². The Morgan fingerprint density at radius 1 is 1.56 bits per heavy atom. The molecule has 0 saturated carbocycles. The molecule has 1 saturated heterocycles. The van der Waals surface area contributed by atoms with Gasteiger partial charge in [0, 0.05) is 23.7 Å². The van der Waals surface area contributed by atoms with Crippen LogP contribution in [0.15, 0.2) is 6.20 Å². The first kappa shape index (κ1) is 12.3. The second-order valence-electron chi connectivity index (χ2n) is 4.53. The smallest absolute Gasteiger partial charge is 0.183 e. The Kier molecular flexibility index (Phi) is 4.19. The molecule has 0 aromatic carbocycles. The first-order valence-corrected chi connectivity index (χ1v) is 6.83. The van der Waals surface area contributed by atoms with Gasteiger partial charge in [0.15, 0.2) is 4.47 Å². The summed E-state index contributed by atoms with van der Waals surface area (Å²) in [5, 5.41) is 0. The van der Waals surface area contributed by atoms with Crippen LogP contribution in [0.5, 0.6) is 0 Å². The van der Waals surface area contributed by atoms with E-state index in [1.54, 1.807) is 11.3 Å². The molecule has 3 nitrogen and oxygen atoms in total. The Labute approximate surface area is 106 Å². The summed E-state index contributed by atoms with van der Waals surface area (Å²) in [6, 6.07) is 0.706. The highest BCUT2D eigenvalue weighted by Gasteiger charge is 2.20. The highest BCUT2D eigenvalue weighted by Crippen LogP contribution is 2.22. The second kappa shape index (κ2) is 5.45. The minimum atomic E-state index is 0.645. The van der Waals surface area contributed by atoms with Crippen LogP contribution >= 0.6 is 22.9 Å². The molecule has 1 aromatic heterocycles. The fraction of sp³-hybridized carbons (Fsp3) is 0.727. The Balaban J connectivity index is 1.85. The van der Waals surface area contributed by atoms with Crippen LogP contribution in [0.4, 0.5) is 0 Å². The van der Waals surface area contributed by atoms with Crippen molar-refractivity contribution in [1.29, 1.82) is 0 Å². The zero-order chi connectivity index (χ0) is 11.5. The fourth-order valence-electron chi connectivity index (χ4n) is 2.17. The molecule has 0 radical (unpaired) electrons. The summed E-state index contributed by atoms with van der Waals surface area (Å²) in [4.78, 5) is 10.2. The van der Waals surface area contributed by atoms with Crippen LogP contribution in [0.3, 0.4) is 0 Å². The third kappa shape index (κ3) is 3.17. The summed E-state index contributed by atoms with van der Waals surface area (Å²) in [5.41, 5.74) is 0. The molecule has 5 heteroatoms. The number of likely N-dealkylation sites (tertiary alicyclic amines) is 1. The Morgan fingerprint density at radius 2 is 2.25 bits per heavy atom. The van der Waals surface area contributed by atoms with E-state index in [9.17, 15) is 0 Å². The molecule has 0 bridgehead atoms. The molecule has 2 rings (SSSR count). The van der Waals surface area contributed by atoms with E-state index in [1.807, 2.05) is 6.20 Å². The van der Waals surface area contributed by atoms with Crippen molar-refractivity contribution >= 4 is 22.9 Å². The topological polar surface area (TPSA) is 19.4 Å². The van der Waals surface area contributed by atoms with Crippen molar-refractivity contribution in [2.75, 3.05) is 27.2 Å². The lowest BCUT2D eigenvalue weighted by Gasteiger charge is -2.34. The quantitative estimate of drug-likeness (QED) is 0.831. The van der Waals surface area contributed by atoms with Gasteiger partial charge in [-0.2, -0.15) is 0 Å². The van der Waals surface area contributed by atoms with Gasteiger partial charge in [0.1, 0.15) is 0 Å². The van der Waals surface area contributed by atoms with Gasteiger partial charge in [0.2, 0.25) is 0 Å². The summed E-state index contributed by atoms with van der Waals surface area (Å²) in [6.07, 6.45) is 4.41. The van der Waals surface area contributed by atoms with Gasteiger partial charge in [-0.3, -0.25) is 4.90 Å². The number of thiazole rings is 1. The largest absolute Gasteiger partial charge is 0.306 e. The molecule has 1 aromatic rings. The van der Waals surface area contributed by atoms with Gasteiger partial charge < -0.3 is 4.90 Å². The molecule has 0 N–H and O–H groups in total. The van der Waals surface area contributed by atoms with Crippen molar-refractivity contribution in [3.63, 3.8) is 0 Å². The van der Waals surface area contributed by atoms with E-state index < -0.39 is 0 Å². The number of halogens is 1. The first-order valence-electron chi connectivity index (χ1n) is 5.64. The number of hydrogen-bond acceptors (Lipinski definition) is 4. The van der Waals surface area contributed by atoms with Gasteiger partial charge in [-0.15, -0.1) is 11.3 Å². The SMILES string of the molecule is CN1CCC(N(C)Cc2cnc(Cl)s2)CC1. The molecule has 2 heterocycles. The van der Waals surface area contributed by atoms with E-state index in [4.69, 9.17) is 11.6 Å². The minimum Gasteiger partial charge on any atom is -0.306 e. The van der Waals surface area contributed by atoms with Crippen LogP contribution in [0.2, 0.25) is 4.47 Å². The van der Waals surface area contributed by atoms with Crippen LogP contribution < -0.4 is 0 Å². The van der Waals surface area contributed by atoms with Crippen molar-refractivity contribution in [3.05, 3.63) is 15.5 Å². The number of nitrogens with zero attached hydrogens (tertiary/aromatic N) is 3. The van der Waals surface area contributed by atoms with Gasteiger partial charge in [-0.05, 0) is 40.0 Å². The molecule has 0 unspecified atom stereocenters. The van der Waals surface area contributed by atoms with Gasteiger partial charge >= 0.3 is 0 Å². The molecular formula is C11H18ClN3S. The van der Waals surface area contributed by atoms with E-state index in [-0.39, 0.29) is 0 Å². The average Bonchev–Trinajstić information content (AvgIpc) is 2.65. The average molecular weight is 260 g/mol. The predicted molar refractivity (Wildman–Crippen MR) is 69.1 cm³/mol. The van der Waals surface area contributed by atoms with Crippen LogP contribution in [0, 0.1) is 0 Å². The minimum absolute atomic E-state index is 0.645. The molecule has 0 aliphatic carbocycles. The summed E-state index contributed by atoms with van der Waals surface area (Å²) >= 11 is 7.41. The number of hydrogen-bond donors (Lipinski definition) is 0. The third-order valence-electron chi connectivity index (χ3n) is 3.24. The lowest BCUT2D eigenvalue weighted by Crippen LogP contribution is -2.41. The maximum atomic E-state index is 5.83. The van der Waals surface area contributed by atoms with Gasteiger partial charge in [-0.25, -0.2) is 4.98 Å². The molecule has 16 heavy (non-hydrogen) atoms. The van der Waals surface area contributed by atoms with E-state index in [1.165, 1.54) is 30.8 Å². The first-order chi connectivity index (χ1) is 7.65. The second-order valence-corrected chi connectivity index (χ2v) is 6.23. The van der Waals surface area contributed by atoms with Crippen molar-refractivity contribution < 1.29 is 0 Å². The van der Waals surface area contributed by atoms with Crippen LogP contribution in [0.25, 0.3) is 0 Å². The highest BCUT2D eigenvalue weighted by atomic mass is 35.5. The van der Waals surface area contributed by atoms with Crippen molar-refractivity contribution in [2.45, 2.75) is 25.4 Å². The van der Waals surface area contributed by atoms with Crippen LogP contribution in [-0.4, -0.2) is 48.0 Å². The Hall–Kier alpha value is -0.160. The zero-order valence-electron chi connectivity index (χ0n) is 9.82. The summed E-state index contributed by atoms with van der Waals surface area (Å²) in [6.45, 7) is 3.38. The highest BCUT2D eigenvalue weighted by molar-refractivity contribution is 7.15. The molecule has 1 fully saturated rings. The van der Waals surface area contributed by atoms with Gasteiger partial charge in [0.25, 0.3) is 0 Å². The fourth-order valence-corrected chi connectivity index (χ4v) is 3.21. The van der Waals surface area contributed by atoms with Gasteiger partial charge in [0.05, 0.1) is 0 Å². The third-order valence-corrected chi connectivity index (χ3v) is 4.34. The number of rotatable bonds is 3. The maximum absolute atomic E-state index is 5.83. The Morgan fingerprint density at radius 3 is 2.81 bits per heavy atom. The predicted octanol–water partition coefficient (Wildman–Crippen LogP) is 2.32. The van der Waals surface area contributed by atoms with Crippen molar-refractivity contribution in [1.82, 2.24) is 14.8 Å². The zero-order valence-corrected chi connectivity index (χ0v) is 11.4. The molecule has 0 atom stereocenters. The number of aromatic nitrogens is 1. The van der Waals surface area contributed by atoms with Crippen LogP contribution in [0.1, 0.15) is 17.7 Å². The molecular weight excluding hydrogens is 242 g/mol. The van der Waals surface area contributed by atoms with Crippen molar-refractivity contribution in [3.8, 4) is 0 Å².